The Labute approximate surface area is 68.2 Å². The highest BCUT2D eigenvalue weighted by molar-refractivity contribution is 5.30. The molecule has 0 aromatic heterocycles. The maximum atomic E-state index is 7.81. The van der Waals surface area contributed by atoms with E-state index in [1.165, 1.54) is 5.56 Å². The Hall–Kier alpha value is -0.820. The number of aryl methyl sites for hydroxylation is 1. The Morgan fingerprint density at radius 2 is 1.73 bits per heavy atom. The summed E-state index contributed by atoms with van der Waals surface area (Å²) < 4.78 is 0. The zero-order valence-corrected chi connectivity index (χ0v) is 7.31. The van der Waals surface area contributed by atoms with Crippen LogP contribution < -0.4 is 5.73 Å². The van der Waals surface area contributed by atoms with Gasteiger partial charge in [-0.25, -0.2) is 5.73 Å². The molecule has 1 radical (unpaired) electrons. The van der Waals surface area contributed by atoms with Crippen LogP contribution in [-0.2, 0) is 5.54 Å². The van der Waals surface area contributed by atoms with E-state index < -0.39 is 5.54 Å². The minimum absolute atomic E-state index is 0.467. The Bertz CT molecular complexity index is 245. The van der Waals surface area contributed by atoms with E-state index in [2.05, 4.69) is 0 Å². The molecule has 1 aromatic carbocycles. The average Bonchev–Trinajstić information content (AvgIpc) is 1.86. The largest absolute Gasteiger partial charge is 0.247 e. The van der Waals surface area contributed by atoms with Crippen LogP contribution in [0.3, 0.4) is 0 Å². The molecule has 0 aliphatic carbocycles. The van der Waals surface area contributed by atoms with Gasteiger partial charge in [0, 0.05) is 0 Å². The molecule has 0 spiro atoms. The molecule has 0 aliphatic heterocycles. The molecule has 59 valence electrons. The second-order valence-corrected chi connectivity index (χ2v) is 3.44. The Morgan fingerprint density at radius 1 is 1.18 bits per heavy atom. The van der Waals surface area contributed by atoms with Crippen molar-refractivity contribution < 1.29 is 0 Å². The van der Waals surface area contributed by atoms with Crippen LogP contribution in [0, 0.1) is 6.92 Å². The van der Waals surface area contributed by atoms with Gasteiger partial charge in [0.15, 0.2) is 0 Å². The van der Waals surface area contributed by atoms with Crippen LogP contribution in [0.5, 0.6) is 0 Å². The van der Waals surface area contributed by atoms with E-state index in [0.717, 1.165) is 5.56 Å². The zero-order chi connectivity index (χ0) is 8.48. The van der Waals surface area contributed by atoms with E-state index in [4.69, 9.17) is 5.73 Å². The van der Waals surface area contributed by atoms with Crippen molar-refractivity contribution in [2.75, 3.05) is 0 Å². The van der Waals surface area contributed by atoms with Gasteiger partial charge in [-0.3, -0.25) is 0 Å². The molecular weight excluding hydrogens is 134 g/mol. The van der Waals surface area contributed by atoms with E-state index >= 15 is 0 Å². The highest BCUT2D eigenvalue weighted by Crippen LogP contribution is 2.21. The Morgan fingerprint density at radius 3 is 2.09 bits per heavy atom. The van der Waals surface area contributed by atoms with Crippen molar-refractivity contribution in [2.24, 2.45) is 0 Å². The van der Waals surface area contributed by atoms with Crippen molar-refractivity contribution in [3.8, 4) is 0 Å². The Kier molecular flexibility index (Phi) is 2.01. The van der Waals surface area contributed by atoms with Crippen LogP contribution in [-0.4, -0.2) is 0 Å². The van der Waals surface area contributed by atoms with Gasteiger partial charge < -0.3 is 0 Å². The number of hydrogen-bond acceptors (Lipinski definition) is 0. The summed E-state index contributed by atoms with van der Waals surface area (Å²) in [5.41, 5.74) is 9.66. The molecule has 1 rings (SSSR count). The van der Waals surface area contributed by atoms with E-state index in [9.17, 15) is 0 Å². The van der Waals surface area contributed by atoms with Crippen molar-refractivity contribution in [3.05, 3.63) is 35.4 Å². The van der Waals surface area contributed by atoms with Crippen LogP contribution in [0.25, 0.3) is 0 Å². The molecule has 0 atom stereocenters. The third-order valence-corrected chi connectivity index (χ3v) is 1.82. The van der Waals surface area contributed by atoms with Crippen LogP contribution >= 0.6 is 0 Å². The lowest BCUT2D eigenvalue weighted by Gasteiger charge is -2.19. The lowest BCUT2D eigenvalue weighted by atomic mass is 9.92. The van der Waals surface area contributed by atoms with Crippen LogP contribution in [0.2, 0.25) is 0 Å². The maximum Gasteiger partial charge on any atom is 0.0518 e. The lowest BCUT2D eigenvalue weighted by molar-refractivity contribution is 0.529. The molecule has 1 nitrogen and oxygen atoms in total. The zero-order valence-electron chi connectivity index (χ0n) is 7.31. The summed E-state index contributed by atoms with van der Waals surface area (Å²) in [7, 11) is 0. The second-order valence-electron chi connectivity index (χ2n) is 3.44. The molecular formula is C10H14N. The Balaban J connectivity index is 3.14. The van der Waals surface area contributed by atoms with Crippen molar-refractivity contribution in [1.82, 2.24) is 5.73 Å². The molecule has 1 N–H and O–H groups in total. The first-order chi connectivity index (χ1) is 5.02. The summed E-state index contributed by atoms with van der Waals surface area (Å²) in [6, 6.07) is 8.05. The lowest BCUT2D eigenvalue weighted by Crippen LogP contribution is -2.19. The maximum absolute atomic E-state index is 7.81. The summed E-state index contributed by atoms with van der Waals surface area (Å²) >= 11 is 0. The molecule has 1 aromatic rings. The molecule has 1 heteroatoms. The molecule has 0 fully saturated rings. The van der Waals surface area contributed by atoms with Crippen LogP contribution in [0.15, 0.2) is 24.3 Å². The van der Waals surface area contributed by atoms with E-state index in [-0.39, 0.29) is 0 Å². The summed E-state index contributed by atoms with van der Waals surface area (Å²) in [6.45, 7) is 5.87. The van der Waals surface area contributed by atoms with Crippen molar-refractivity contribution in [2.45, 2.75) is 26.3 Å². The quantitative estimate of drug-likeness (QED) is 0.584. The summed E-state index contributed by atoms with van der Waals surface area (Å²) in [5, 5.41) is 0. The highest BCUT2D eigenvalue weighted by atomic mass is 14.7. The summed E-state index contributed by atoms with van der Waals surface area (Å²) in [5.74, 6) is 0. The van der Waals surface area contributed by atoms with Gasteiger partial charge in [0.25, 0.3) is 0 Å². The predicted octanol–water partition coefficient (Wildman–Crippen LogP) is 2.51. The smallest absolute Gasteiger partial charge is 0.0518 e. The van der Waals surface area contributed by atoms with Gasteiger partial charge in [-0.2, -0.15) is 0 Å². The molecule has 0 bridgehead atoms. The van der Waals surface area contributed by atoms with Gasteiger partial charge in [-0.05, 0) is 31.9 Å². The van der Waals surface area contributed by atoms with Crippen molar-refractivity contribution >= 4 is 0 Å². The van der Waals surface area contributed by atoms with Crippen LogP contribution in [0.1, 0.15) is 25.0 Å². The van der Waals surface area contributed by atoms with Gasteiger partial charge in [-0.15, -0.1) is 0 Å². The highest BCUT2D eigenvalue weighted by Gasteiger charge is 2.16. The number of benzene rings is 1. The third kappa shape index (κ3) is 1.81. The fourth-order valence-electron chi connectivity index (χ4n) is 1.27. The fraction of sp³-hybridized carbons (Fsp3) is 0.400. The minimum atomic E-state index is -0.467. The number of nitrogens with one attached hydrogen (secondary N) is 1. The van der Waals surface area contributed by atoms with Crippen molar-refractivity contribution in [1.29, 1.82) is 0 Å². The predicted molar refractivity (Wildman–Crippen MR) is 47.3 cm³/mol. The first-order valence-corrected chi connectivity index (χ1v) is 3.83. The van der Waals surface area contributed by atoms with E-state index in [0.29, 0.717) is 0 Å². The molecule has 0 heterocycles. The normalized spacial score (nSPS) is 11.6. The van der Waals surface area contributed by atoms with Gasteiger partial charge in [0.2, 0.25) is 0 Å². The fourth-order valence-corrected chi connectivity index (χ4v) is 1.27. The van der Waals surface area contributed by atoms with Gasteiger partial charge in [-0.1, -0.05) is 24.3 Å². The first kappa shape index (κ1) is 8.28. The number of hydrogen-bond donors (Lipinski definition) is 0. The SMILES string of the molecule is Cc1ccccc1C(C)(C)[NH]. The monoisotopic (exact) mass is 148 g/mol. The van der Waals surface area contributed by atoms with Crippen molar-refractivity contribution in [3.63, 3.8) is 0 Å². The summed E-state index contributed by atoms with van der Waals surface area (Å²) in [6.07, 6.45) is 0. The summed E-state index contributed by atoms with van der Waals surface area (Å²) in [4.78, 5) is 0. The minimum Gasteiger partial charge on any atom is -0.247 e. The number of rotatable bonds is 1. The molecule has 0 amide bonds. The standard InChI is InChI=1S/C10H14N/c1-8-6-4-5-7-9(8)10(2,3)11/h4-7,11H,1-3H3. The molecule has 11 heavy (non-hydrogen) atoms. The van der Waals surface area contributed by atoms with E-state index in [1.54, 1.807) is 0 Å². The van der Waals surface area contributed by atoms with Gasteiger partial charge >= 0.3 is 0 Å². The molecule has 0 saturated carbocycles. The molecule has 0 aliphatic rings. The molecule has 0 saturated heterocycles. The van der Waals surface area contributed by atoms with Crippen LogP contribution in [0.4, 0.5) is 0 Å². The third-order valence-electron chi connectivity index (χ3n) is 1.82. The first-order valence-electron chi connectivity index (χ1n) is 3.83. The topological polar surface area (TPSA) is 23.8 Å². The second kappa shape index (κ2) is 2.67. The molecule has 0 unspecified atom stereocenters. The average molecular weight is 148 g/mol. The van der Waals surface area contributed by atoms with Gasteiger partial charge in [0.1, 0.15) is 0 Å². The van der Waals surface area contributed by atoms with E-state index in [1.807, 2.05) is 45.0 Å². The van der Waals surface area contributed by atoms with Gasteiger partial charge in [0.05, 0.1) is 5.54 Å².